The maximum absolute atomic E-state index is 11.1. The minimum Gasteiger partial charge on any atom is -0.595 e. The Bertz CT molecular complexity index is 746. The molecule has 4 rings (SSSR count). The van der Waals surface area contributed by atoms with Gasteiger partial charge in [-0.2, -0.15) is 10.2 Å². The van der Waals surface area contributed by atoms with Crippen LogP contribution in [0.2, 0.25) is 0 Å². The molecule has 2 fully saturated rings. The predicted octanol–water partition coefficient (Wildman–Crippen LogP) is 0.427. The van der Waals surface area contributed by atoms with Gasteiger partial charge in [-0.05, 0) is 19.3 Å². The maximum Gasteiger partial charge on any atom is 0.244 e. The molecular formula is C17H22N4O5. The SMILES string of the molecule is [O-][NH+](O)c1cccc(-c2noc(C3CC(O)CN3C3CCOCC3)n2)c1. The normalized spacial score (nSPS) is 26.3. The van der Waals surface area contributed by atoms with Crippen molar-refractivity contribution in [2.45, 2.75) is 37.5 Å². The van der Waals surface area contributed by atoms with Crippen LogP contribution in [0.15, 0.2) is 28.8 Å². The van der Waals surface area contributed by atoms with Crippen molar-refractivity contribution in [3.8, 4) is 11.4 Å². The second-order valence-corrected chi connectivity index (χ2v) is 6.79. The van der Waals surface area contributed by atoms with Gasteiger partial charge < -0.3 is 19.6 Å². The highest BCUT2D eigenvalue weighted by Crippen LogP contribution is 2.36. The third-order valence-electron chi connectivity index (χ3n) is 5.07. The minimum absolute atomic E-state index is 0.128. The van der Waals surface area contributed by atoms with Crippen LogP contribution in [-0.2, 0) is 4.74 Å². The number of hydrogen-bond acceptors (Lipinski definition) is 8. The van der Waals surface area contributed by atoms with Gasteiger partial charge in [0.05, 0.1) is 12.1 Å². The van der Waals surface area contributed by atoms with Crippen LogP contribution in [0, 0.1) is 5.21 Å². The van der Waals surface area contributed by atoms with E-state index in [1.54, 1.807) is 12.1 Å². The highest BCUT2D eigenvalue weighted by molar-refractivity contribution is 5.58. The molecule has 9 heteroatoms. The van der Waals surface area contributed by atoms with E-state index in [-0.39, 0.29) is 11.7 Å². The van der Waals surface area contributed by atoms with Crippen molar-refractivity contribution < 1.29 is 24.8 Å². The molecule has 3 N–H and O–H groups in total. The summed E-state index contributed by atoms with van der Waals surface area (Å²) < 4.78 is 10.9. The minimum atomic E-state index is -1.000. The fourth-order valence-electron chi connectivity index (χ4n) is 3.78. The topological polar surface area (TPSA) is 119 Å². The number of benzene rings is 1. The average Bonchev–Trinajstić information content (AvgIpc) is 3.29. The Morgan fingerprint density at radius 1 is 1.27 bits per heavy atom. The van der Waals surface area contributed by atoms with Gasteiger partial charge in [-0.1, -0.05) is 17.3 Å². The molecule has 26 heavy (non-hydrogen) atoms. The Morgan fingerprint density at radius 2 is 2.08 bits per heavy atom. The predicted molar refractivity (Wildman–Crippen MR) is 89.4 cm³/mol. The summed E-state index contributed by atoms with van der Waals surface area (Å²) in [5.41, 5.74) is 0.769. The van der Waals surface area contributed by atoms with Crippen LogP contribution in [0.25, 0.3) is 11.4 Å². The first-order valence-electron chi connectivity index (χ1n) is 8.80. The van der Waals surface area contributed by atoms with Crippen LogP contribution in [0.4, 0.5) is 5.69 Å². The van der Waals surface area contributed by atoms with E-state index in [0.29, 0.717) is 36.3 Å². The zero-order valence-electron chi connectivity index (χ0n) is 14.2. The molecule has 2 saturated heterocycles. The number of hydrogen-bond donors (Lipinski definition) is 3. The molecule has 3 atom stereocenters. The van der Waals surface area contributed by atoms with E-state index in [9.17, 15) is 10.3 Å². The van der Waals surface area contributed by atoms with Crippen molar-refractivity contribution in [3.63, 3.8) is 0 Å². The molecule has 0 spiro atoms. The number of nitrogens with zero attached hydrogens (tertiary/aromatic N) is 3. The number of rotatable bonds is 4. The van der Waals surface area contributed by atoms with E-state index < -0.39 is 11.3 Å². The van der Waals surface area contributed by atoms with Gasteiger partial charge in [-0.15, -0.1) is 0 Å². The van der Waals surface area contributed by atoms with E-state index in [4.69, 9.17) is 14.5 Å². The van der Waals surface area contributed by atoms with Crippen LogP contribution in [-0.4, -0.2) is 57.3 Å². The van der Waals surface area contributed by atoms with Gasteiger partial charge in [0.15, 0.2) is 5.69 Å². The molecule has 0 saturated carbocycles. The first-order chi connectivity index (χ1) is 12.6. The molecule has 0 radical (unpaired) electrons. The smallest absolute Gasteiger partial charge is 0.244 e. The van der Waals surface area contributed by atoms with Crippen molar-refractivity contribution in [1.29, 1.82) is 0 Å². The van der Waals surface area contributed by atoms with Crippen LogP contribution >= 0.6 is 0 Å². The molecule has 1 aromatic heterocycles. The quantitative estimate of drug-likeness (QED) is 0.670. The standard InChI is InChI=1S/C17H22N4O5/c22-14-9-15(20(10-14)12-4-6-25-7-5-12)17-18-16(19-26-17)11-2-1-3-13(8-11)21(23)24/h1-3,8,12,14-15,21-23H,4-7,9-10H2. The van der Waals surface area contributed by atoms with Gasteiger partial charge in [0, 0.05) is 43.5 Å². The zero-order valence-corrected chi connectivity index (χ0v) is 14.2. The van der Waals surface area contributed by atoms with Crippen molar-refractivity contribution in [3.05, 3.63) is 35.4 Å². The third kappa shape index (κ3) is 3.50. The third-order valence-corrected chi connectivity index (χ3v) is 5.07. The summed E-state index contributed by atoms with van der Waals surface area (Å²) in [6.07, 6.45) is 1.97. The Morgan fingerprint density at radius 3 is 2.85 bits per heavy atom. The summed E-state index contributed by atoms with van der Waals surface area (Å²) in [5.74, 6) is 0.820. The number of aromatic nitrogens is 2. The summed E-state index contributed by atoms with van der Waals surface area (Å²) in [7, 11) is 0. The van der Waals surface area contributed by atoms with Gasteiger partial charge in [-0.3, -0.25) is 4.90 Å². The molecule has 3 heterocycles. The van der Waals surface area contributed by atoms with E-state index in [2.05, 4.69) is 15.0 Å². The van der Waals surface area contributed by atoms with E-state index in [1.807, 2.05) is 0 Å². The lowest BCUT2D eigenvalue weighted by Crippen LogP contribution is -2.99. The Labute approximate surface area is 150 Å². The molecule has 1 aromatic carbocycles. The van der Waals surface area contributed by atoms with Gasteiger partial charge in [-0.25, -0.2) is 5.21 Å². The molecule has 0 aliphatic carbocycles. The molecule has 140 valence electrons. The first-order valence-corrected chi connectivity index (χ1v) is 8.80. The number of likely N-dealkylation sites (tertiary alicyclic amines) is 1. The molecule has 0 bridgehead atoms. The lowest BCUT2D eigenvalue weighted by atomic mass is 10.1. The lowest BCUT2D eigenvalue weighted by molar-refractivity contribution is -0.991. The highest BCUT2D eigenvalue weighted by Gasteiger charge is 2.40. The highest BCUT2D eigenvalue weighted by atomic mass is 16.8. The largest absolute Gasteiger partial charge is 0.595 e. The van der Waals surface area contributed by atoms with Crippen molar-refractivity contribution in [2.75, 3.05) is 19.8 Å². The van der Waals surface area contributed by atoms with Crippen molar-refractivity contribution >= 4 is 5.69 Å². The number of ether oxygens (including phenoxy) is 1. The van der Waals surface area contributed by atoms with Crippen LogP contribution in [0.1, 0.15) is 31.2 Å². The van der Waals surface area contributed by atoms with Gasteiger partial charge in [0.2, 0.25) is 11.7 Å². The second kappa shape index (κ2) is 7.39. The number of aliphatic hydroxyl groups is 1. The van der Waals surface area contributed by atoms with Crippen molar-refractivity contribution in [2.24, 2.45) is 0 Å². The first kappa shape index (κ1) is 17.5. The summed E-state index contributed by atoms with van der Waals surface area (Å²) >= 11 is 0. The maximum atomic E-state index is 11.1. The fraction of sp³-hybridized carbons (Fsp3) is 0.529. The monoisotopic (exact) mass is 362 g/mol. The van der Waals surface area contributed by atoms with Gasteiger partial charge >= 0.3 is 0 Å². The number of β-amino-alcohol motifs (C(OH)–C–C–N with tert-alkyl or cyclic N) is 1. The summed E-state index contributed by atoms with van der Waals surface area (Å²) in [6.45, 7) is 2.03. The summed E-state index contributed by atoms with van der Waals surface area (Å²) in [6, 6.07) is 6.65. The number of quaternary nitrogens is 1. The second-order valence-electron chi connectivity index (χ2n) is 6.79. The molecule has 3 unspecified atom stereocenters. The molecule has 2 aromatic rings. The summed E-state index contributed by atoms with van der Waals surface area (Å²) in [5, 5.41) is 33.5. The van der Waals surface area contributed by atoms with Crippen LogP contribution in [0.3, 0.4) is 0 Å². The molecule has 9 nitrogen and oxygen atoms in total. The van der Waals surface area contributed by atoms with E-state index in [0.717, 1.165) is 26.1 Å². The lowest BCUT2D eigenvalue weighted by Gasteiger charge is -2.33. The zero-order chi connectivity index (χ0) is 18.1. The van der Waals surface area contributed by atoms with E-state index >= 15 is 0 Å². The van der Waals surface area contributed by atoms with E-state index in [1.165, 1.54) is 12.1 Å². The van der Waals surface area contributed by atoms with Gasteiger partial charge in [0.25, 0.3) is 0 Å². The Kier molecular flexibility index (Phi) is 4.98. The summed E-state index contributed by atoms with van der Waals surface area (Å²) in [4.78, 5) is 6.72. The Balaban J connectivity index is 1.57. The average molecular weight is 362 g/mol. The Hall–Kier alpha value is -1.88. The fourth-order valence-corrected chi connectivity index (χ4v) is 3.78. The van der Waals surface area contributed by atoms with Crippen molar-refractivity contribution in [1.82, 2.24) is 15.0 Å². The number of nitrogens with one attached hydrogen (secondary N) is 1. The van der Waals surface area contributed by atoms with Crippen LogP contribution in [0.5, 0.6) is 0 Å². The van der Waals surface area contributed by atoms with Gasteiger partial charge in [0.1, 0.15) is 0 Å². The van der Waals surface area contributed by atoms with Crippen LogP contribution < -0.4 is 5.23 Å². The molecule has 2 aliphatic heterocycles. The molecule has 0 amide bonds. The number of aliphatic hydroxyl groups excluding tert-OH is 1. The molecular weight excluding hydrogens is 340 g/mol. The molecule has 2 aliphatic rings.